The maximum Gasteiger partial charge on any atom is 0.266 e. The van der Waals surface area contributed by atoms with Gasteiger partial charge in [0.15, 0.2) is 0 Å². The first-order valence-electron chi connectivity index (χ1n) is 13.5. The third kappa shape index (κ3) is 4.86. The molecule has 3 aromatic rings. The van der Waals surface area contributed by atoms with E-state index in [0.29, 0.717) is 29.0 Å². The molecule has 0 saturated heterocycles. The zero-order valence-corrected chi connectivity index (χ0v) is 24.1. The predicted octanol–water partition coefficient (Wildman–Crippen LogP) is 6.35. The molecular formula is C32H33ClN4O3. The molecule has 1 aliphatic carbocycles. The number of methoxy groups -OCH3 is 1. The Morgan fingerprint density at radius 3 is 2.62 bits per heavy atom. The average Bonchev–Trinajstić information content (AvgIpc) is 3.43. The van der Waals surface area contributed by atoms with Crippen LogP contribution in [0.4, 0.5) is 5.69 Å². The lowest BCUT2D eigenvalue weighted by Gasteiger charge is -2.34. The van der Waals surface area contributed by atoms with Crippen molar-refractivity contribution in [2.24, 2.45) is 0 Å². The molecule has 0 fully saturated rings. The summed E-state index contributed by atoms with van der Waals surface area (Å²) in [5.74, 6) is 0.342. The summed E-state index contributed by atoms with van der Waals surface area (Å²) in [7, 11) is 3.28. The van der Waals surface area contributed by atoms with Crippen LogP contribution in [0.2, 0.25) is 5.02 Å². The number of nitrogens with one attached hydrogen (secondary N) is 1. The third-order valence-corrected chi connectivity index (χ3v) is 8.05. The summed E-state index contributed by atoms with van der Waals surface area (Å²) in [4.78, 5) is 34.2. The molecule has 206 valence electrons. The van der Waals surface area contributed by atoms with E-state index in [1.807, 2.05) is 55.1 Å². The molecule has 7 nitrogen and oxygen atoms in total. The molecule has 0 unspecified atom stereocenters. The Kier molecular flexibility index (Phi) is 7.68. The number of aromatic nitrogens is 1. The van der Waals surface area contributed by atoms with Gasteiger partial charge in [-0.3, -0.25) is 14.5 Å². The number of nitrogens with zero attached hydrogens (tertiary/aromatic N) is 3. The zero-order valence-electron chi connectivity index (χ0n) is 23.3. The summed E-state index contributed by atoms with van der Waals surface area (Å²) in [6, 6.07) is 13.7. The summed E-state index contributed by atoms with van der Waals surface area (Å²) in [5, 5.41) is 3.52. The fraction of sp³-hybridized carbons (Fsp3) is 0.281. The number of amides is 2. The first kappa shape index (κ1) is 27.5. The largest absolute Gasteiger partial charge is 0.481 e. The van der Waals surface area contributed by atoms with Gasteiger partial charge in [-0.2, -0.15) is 0 Å². The molecule has 2 heterocycles. The number of rotatable bonds is 7. The molecule has 1 N–H and O–H groups in total. The Morgan fingerprint density at radius 1 is 1.15 bits per heavy atom. The number of halogens is 1. The SMILES string of the molecule is C=C1N(CCC)C=C(C(=O)Nc2cccc(-c3cccc(-c4cc5c(c(OC)n4)CCC5)c3Cl)c2C)C(=O)N1C. The second-order valence-corrected chi connectivity index (χ2v) is 10.5. The summed E-state index contributed by atoms with van der Waals surface area (Å²) < 4.78 is 5.60. The molecule has 0 bridgehead atoms. The van der Waals surface area contributed by atoms with E-state index < -0.39 is 11.8 Å². The van der Waals surface area contributed by atoms with Crippen molar-refractivity contribution < 1.29 is 14.3 Å². The van der Waals surface area contributed by atoms with E-state index in [0.717, 1.165) is 53.6 Å². The first-order chi connectivity index (χ1) is 19.2. The molecule has 0 spiro atoms. The zero-order chi connectivity index (χ0) is 28.6. The maximum atomic E-state index is 13.3. The number of pyridine rings is 1. The number of ether oxygens (including phenoxy) is 1. The lowest BCUT2D eigenvalue weighted by molar-refractivity contribution is -0.128. The van der Waals surface area contributed by atoms with E-state index in [1.54, 1.807) is 20.4 Å². The van der Waals surface area contributed by atoms with Gasteiger partial charge in [-0.05, 0) is 61.4 Å². The van der Waals surface area contributed by atoms with Crippen LogP contribution in [0.15, 0.2) is 66.6 Å². The number of benzene rings is 2. The Morgan fingerprint density at radius 2 is 1.88 bits per heavy atom. The maximum absolute atomic E-state index is 13.3. The number of hydrogen-bond acceptors (Lipinski definition) is 5. The molecule has 2 aromatic carbocycles. The van der Waals surface area contributed by atoms with Crippen molar-refractivity contribution in [3.8, 4) is 28.3 Å². The Hall–Kier alpha value is -4.10. The average molecular weight is 557 g/mol. The van der Waals surface area contributed by atoms with Crippen molar-refractivity contribution in [1.29, 1.82) is 0 Å². The van der Waals surface area contributed by atoms with Crippen LogP contribution >= 0.6 is 11.6 Å². The third-order valence-electron chi connectivity index (χ3n) is 7.64. The lowest BCUT2D eigenvalue weighted by Crippen LogP contribution is -2.42. The van der Waals surface area contributed by atoms with Crippen LogP contribution in [0, 0.1) is 6.92 Å². The number of aryl methyl sites for hydroxylation is 1. The van der Waals surface area contributed by atoms with Crippen molar-refractivity contribution in [1.82, 2.24) is 14.8 Å². The number of likely N-dealkylation sites (N-methyl/N-ethyl adjacent to an activating group) is 1. The van der Waals surface area contributed by atoms with Crippen molar-refractivity contribution in [3.05, 3.63) is 88.4 Å². The molecule has 0 radical (unpaired) electrons. The molecule has 8 heteroatoms. The highest BCUT2D eigenvalue weighted by Crippen LogP contribution is 2.41. The summed E-state index contributed by atoms with van der Waals surface area (Å²) in [6.45, 7) is 8.59. The number of carbonyl (C=O) groups is 2. The highest BCUT2D eigenvalue weighted by atomic mass is 35.5. The van der Waals surface area contributed by atoms with Crippen LogP contribution in [0.3, 0.4) is 0 Å². The minimum Gasteiger partial charge on any atom is -0.481 e. The highest BCUT2D eigenvalue weighted by Gasteiger charge is 2.31. The molecule has 0 atom stereocenters. The number of carbonyl (C=O) groups excluding carboxylic acids is 2. The molecular weight excluding hydrogens is 524 g/mol. The molecule has 0 saturated carbocycles. The van der Waals surface area contributed by atoms with E-state index in [4.69, 9.17) is 21.3 Å². The minimum absolute atomic E-state index is 0.0600. The van der Waals surface area contributed by atoms with Gasteiger partial charge in [0.05, 0.1) is 17.8 Å². The molecule has 2 aliphatic rings. The van der Waals surface area contributed by atoms with E-state index >= 15 is 0 Å². The van der Waals surface area contributed by atoms with Gasteiger partial charge in [-0.15, -0.1) is 0 Å². The van der Waals surface area contributed by atoms with Crippen molar-refractivity contribution in [2.75, 3.05) is 26.0 Å². The molecule has 40 heavy (non-hydrogen) atoms. The number of fused-ring (bicyclic) bond motifs is 1. The molecule has 1 aromatic heterocycles. The van der Waals surface area contributed by atoms with Gasteiger partial charge in [0.25, 0.3) is 11.8 Å². The van der Waals surface area contributed by atoms with Gasteiger partial charge in [-0.25, -0.2) is 4.98 Å². The topological polar surface area (TPSA) is 74.8 Å². The van der Waals surface area contributed by atoms with Crippen molar-refractivity contribution in [3.63, 3.8) is 0 Å². The lowest BCUT2D eigenvalue weighted by atomic mass is 9.96. The minimum atomic E-state index is -0.472. The Labute approximate surface area is 240 Å². The van der Waals surface area contributed by atoms with Crippen LogP contribution in [0.25, 0.3) is 22.4 Å². The van der Waals surface area contributed by atoms with Gasteiger partial charge in [0, 0.05) is 42.2 Å². The number of hydrogen-bond donors (Lipinski definition) is 1. The molecule has 2 amide bonds. The van der Waals surface area contributed by atoms with E-state index in [1.165, 1.54) is 16.0 Å². The first-order valence-corrected chi connectivity index (χ1v) is 13.8. The van der Waals surface area contributed by atoms with Gasteiger partial charge in [0.2, 0.25) is 5.88 Å². The molecule has 1 aliphatic heterocycles. The predicted molar refractivity (Wildman–Crippen MR) is 159 cm³/mol. The Balaban J connectivity index is 1.48. The molecule has 5 rings (SSSR count). The van der Waals surface area contributed by atoms with Gasteiger partial charge >= 0.3 is 0 Å². The normalized spacial score (nSPS) is 14.8. The quantitative estimate of drug-likeness (QED) is 0.343. The van der Waals surface area contributed by atoms with Crippen LogP contribution in [-0.4, -0.2) is 47.3 Å². The Bertz CT molecular complexity index is 1560. The number of anilines is 1. The van der Waals surface area contributed by atoms with Crippen LogP contribution in [-0.2, 0) is 22.4 Å². The van der Waals surface area contributed by atoms with Crippen molar-refractivity contribution in [2.45, 2.75) is 39.5 Å². The van der Waals surface area contributed by atoms with Gasteiger partial charge in [0.1, 0.15) is 11.4 Å². The van der Waals surface area contributed by atoms with Crippen LogP contribution in [0.5, 0.6) is 5.88 Å². The fourth-order valence-electron chi connectivity index (χ4n) is 5.41. The van der Waals surface area contributed by atoms with Gasteiger partial charge in [-0.1, -0.05) is 55.4 Å². The van der Waals surface area contributed by atoms with Gasteiger partial charge < -0.3 is 15.0 Å². The fourth-order valence-corrected chi connectivity index (χ4v) is 5.73. The second kappa shape index (κ2) is 11.2. The highest BCUT2D eigenvalue weighted by molar-refractivity contribution is 6.36. The van der Waals surface area contributed by atoms with E-state index in [9.17, 15) is 9.59 Å². The standard InChI is InChI=1S/C32H33ClN4O3/c1-6-16-37-18-26(32(39)36(4)20(37)3)30(38)34-27-15-9-11-22(19(27)2)24-13-8-14-25(29(24)33)28-17-21-10-7-12-23(21)31(35-28)40-5/h8-9,11,13-15,17-18H,3,6-7,10,12,16H2,1-2,4-5H3,(H,34,38). The van der Waals surface area contributed by atoms with Crippen LogP contribution < -0.4 is 10.1 Å². The summed E-state index contributed by atoms with van der Waals surface area (Å²) >= 11 is 7.03. The van der Waals surface area contributed by atoms with Crippen LogP contribution in [0.1, 0.15) is 36.5 Å². The smallest absolute Gasteiger partial charge is 0.266 e. The summed E-state index contributed by atoms with van der Waals surface area (Å²) in [6.07, 6.45) is 5.49. The van der Waals surface area contributed by atoms with Crippen molar-refractivity contribution >= 4 is 29.1 Å². The summed E-state index contributed by atoms with van der Waals surface area (Å²) in [5.41, 5.74) is 7.22. The second-order valence-electron chi connectivity index (χ2n) is 10.1. The van der Waals surface area contributed by atoms with E-state index in [-0.39, 0.29) is 5.57 Å². The monoisotopic (exact) mass is 556 g/mol. The van der Waals surface area contributed by atoms with E-state index in [2.05, 4.69) is 18.0 Å².